The Labute approximate surface area is 92.9 Å². The zero-order valence-electron chi connectivity index (χ0n) is 8.88. The highest BCUT2D eigenvalue weighted by Crippen LogP contribution is 2.37. The van der Waals surface area contributed by atoms with Crippen LogP contribution in [-0.2, 0) is 10.2 Å². The third-order valence-corrected chi connectivity index (χ3v) is 3.10. The molecule has 16 heavy (non-hydrogen) atoms. The summed E-state index contributed by atoms with van der Waals surface area (Å²) in [5.74, 6) is -1.66. The average molecular weight is 228 g/mol. The SMILES string of the molecule is OCCCC1(c2ccc(F)c(F)c2)COC1. The zero-order valence-corrected chi connectivity index (χ0v) is 8.88. The summed E-state index contributed by atoms with van der Waals surface area (Å²) in [4.78, 5) is 0. The van der Waals surface area contributed by atoms with Gasteiger partial charge in [-0.2, -0.15) is 0 Å². The van der Waals surface area contributed by atoms with E-state index in [2.05, 4.69) is 0 Å². The van der Waals surface area contributed by atoms with Gasteiger partial charge in [0, 0.05) is 12.0 Å². The second kappa shape index (κ2) is 4.47. The highest BCUT2D eigenvalue weighted by Gasteiger charge is 2.39. The monoisotopic (exact) mass is 228 g/mol. The fourth-order valence-electron chi connectivity index (χ4n) is 2.05. The average Bonchev–Trinajstić information content (AvgIpc) is 2.22. The summed E-state index contributed by atoms with van der Waals surface area (Å²) in [7, 11) is 0. The number of ether oxygens (including phenoxy) is 1. The Morgan fingerprint density at radius 1 is 1.25 bits per heavy atom. The van der Waals surface area contributed by atoms with Gasteiger partial charge in [-0.05, 0) is 30.5 Å². The second-order valence-corrected chi connectivity index (χ2v) is 4.23. The summed E-state index contributed by atoms with van der Waals surface area (Å²) in [6.45, 7) is 1.13. The van der Waals surface area contributed by atoms with Crippen LogP contribution in [0.4, 0.5) is 8.78 Å². The van der Waals surface area contributed by atoms with Crippen molar-refractivity contribution in [3.05, 3.63) is 35.4 Å². The number of aliphatic hydroxyl groups excluding tert-OH is 1. The van der Waals surface area contributed by atoms with E-state index in [0.29, 0.717) is 19.6 Å². The molecule has 0 unspecified atom stereocenters. The molecule has 0 amide bonds. The van der Waals surface area contributed by atoms with E-state index in [1.807, 2.05) is 0 Å². The minimum Gasteiger partial charge on any atom is -0.396 e. The van der Waals surface area contributed by atoms with E-state index in [1.54, 1.807) is 6.07 Å². The van der Waals surface area contributed by atoms with Crippen LogP contribution in [0.15, 0.2) is 18.2 Å². The van der Waals surface area contributed by atoms with Gasteiger partial charge in [0.25, 0.3) is 0 Å². The van der Waals surface area contributed by atoms with Crippen LogP contribution in [-0.4, -0.2) is 24.9 Å². The molecule has 0 atom stereocenters. The number of rotatable bonds is 4. The van der Waals surface area contributed by atoms with Crippen LogP contribution in [0.2, 0.25) is 0 Å². The molecule has 1 aromatic rings. The first-order valence-corrected chi connectivity index (χ1v) is 5.32. The van der Waals surface area contributed by atoms with Crippen molar-refractivity contribution in [2.24, 2.45) is 0 Å². The Bertz CT molecular complexity index is 375. The first-order valence-electron chi connectivity index (χ1n) is 5.32. The van der Waals surface area contributed by atoms with Gasteiger partial charge in [-0.1, -0.05) is 6.07 Å². The van der Waals surface area contributed by atoms with Gasteiger partial charge in [0.2, 0.25) is 0 Å². The summed E-state index contributed by atoms with van der Waals surface area (Å²) >= 11 is 0. The van der Waals surface area contributed by atoms with Crippen LogP contribution in [0, 0.1) is 11.6 Å². The van der Waals surface area contributed by atoms with Crippen molar-refractivity contribution < 1.29 is 18.6 Å². The van der Waals surface area contributed by atoms with Gasteiger partial charge < -0.3 is 9.84 Å². The summed E-state index contributed by atoms with van der Waals surface area (Å²) < 4.78 is 31.1. The van der Waals surface area contributed by atoms with Crippen molar-refractivity contribution in [3.63, 3.8) is 0 Å². The molecule has 0 spiro atoms. The third-order valence-electron chi connectivity index (χ3n) is 3.10. The molecule has 0 radical (unpaired) electrons. The molecule has 0 aliphatic carbocycles. The van der Waals surface area contributed by atoms with Crippen LogP contribution in [0.5, 0.6) is 0 Å². The summed E-state index contributed by atoms with van der Waals surface area (Å²) in [5.41, 5.74) is 0.517. The van der Waals surface area contributed by atoms with Crippen LogP contribution in [0.1, 0.15) is 18.4 Å². The molecule has 88 valence electrons. The Hall–Kier alpha value is -1.00. The van der Waals surface area contributed by atoms with Crippen LogP contribution >= 0.6 is 0 Å². The highest BCUT2D eigenvalue weighted by atomic mass is 19.2. The van der Waals surface area contributed by atoms with E-state index in [1.165, 1.54) is 6.07 Å². The maximum atomic E-state index is 13.1. The molecule has 0 bridgehead atoms. The maximum absolute atomic E-state index is 13.1. The standard InChI is InChI=1S/C12H14F2O2/c13-10-3-2-9(6-11(10)14)12(4-1-5-15)7-16-8-12/h2-3,6,15H,1,4-5,7-8H2. The lowest BCUT2D eigenvalue weighted by Gasteiger charge is -2.42. The highest BCUT2D eigenvalue weighted by molar-refractivity contribution is 5.29. The van der Waals surface area contributed by atoms with Gasteiger partial charge >= 0.3 is 0 Å². The molecule has 1 heterocycles. The number of aliphatic hydroxyl groups is 1. The molecule has 1 aromatic carbocycles. The minimum absolute atomic E-state index is 0.103. The van der Waals surface area contributed by atoms with E-state index in [0.717, 1.165) is 18.1 Å². The fourth-order valence-corrected chi connectivity index (χ4v) is 2.05. The summed E-state index contributed by atoms with van der Waals surface area (Å²) in [6.07, 6.45) is 1.37. The quantitative estimate of drug-likeness (QED) is 0.854. The largest absolute Gasteiger partial charge is 0.396 e. The topological polar surface area (TPSA) is 29.5 Å². The molecule has 4 heteroatoms. The molecule has 1 aliphatic heterocycles. The van der Waals surface area contributed by atoms with Crippen LogP contribution in [0.3, 0.4) is 0 Å². The Morgan fingerprint density at radius 2 is 2.00 bits per heavy atom. The lowest BCUT2D eigenvalue weighted by atomic mass is 9.75. The smallest absolute Gasteiger partial charge is 0.159 e. The predicted octanol–water partition coefficient (Wildman–Crippen LogP) is 2.01. The molecule has 1 fully saturated rings. The minimum atomic E-state index is -0.832. The van der Waals surface area contributed by atoms with Crippen molar-refractivity contribution in [1.29, 1.82) is 0 Å². The molecule has 2 rings (SSSR count). The Balaban J connectivity index is 2.22. The number of hydrogen-bond acceptors (Lipinski definition) is 2. The Kier molecular flexibility index (Phi) is 3.21. The van der Waals surface area contributed by atoms with Crippen molar-refractivity contribution in [2.75, 3.05) is 19.8 Å². The van der Waals surface area contributed by atoms with Crippen molar-refractivity contribution in [3.8, 4) is 0 Å². The van der Waals surface area contributed by atoms with Gasteiger partial charge in [-0.25, -0.2) is 8.78 Å². The van der Waals surface area contributed by atoms with Crippen LogP contribution < -0.4 is 0 Å². The molecular formula is C12H14F2O2. The number of benzene rings is 1. The van der Waals surface area contributed by atoms with Gasteiger partial charge in [-0.3, -0.25) is 0 Å². The molecular weight excluding hydrogens is 214 g/mol. The first kappa shape index (κ1) is 11.5. The molecule has 0 saturated carbocycles. The first-order chi connectivity index (χ1) is 7.68. The predicted molar refractivity (Wildman–Crippen MR) is 55.2 cm³/mol. The lowest BCUT2D eigenvalue weighted by Crippen LogP contribution is -2.46. The number of hydrogen-bond donors (Lipinski definition) is 1. The molecule has 1 aliphatic rings. The second-order valence-electron chi connectivity index (χ2n) is 4.23. The third kappa shape index (κ3) is 1.95. The normalized spacial score (nSPS) is 18.2. The lowest BCUT2D eigenvalue weighted by molar-refractivity contribution is -0.0666. The molecule has 2 nitrogen and oxygen atoms in total. The van der Waals surface area contributed by atoms with Gasteiger partial charge in [-0.15, -0.1) is 0 Å². The summed E-state index contributed by atoms with van der Waals surface area (Å²) in [5, 5.41) is 8.82. The Morgan fingerprint density at radius 3 is 2.50 bits per heavy atom. The van der Waals surface area contributed by atoms with Gasteiger partial charge in [0.1, 0.15) is 0 Å². The molecule has 1 saturated heterocycles. The zero-order chi connectivity index (χ0) is 11.6. The van der Waals surface area contributed by atoms with Crippen molar-refractivity contribution in [1.82, 2.24) is 0 Å². The van der Waals surface area contributed by atoms with E-state index < -0.39 is 11.6 Å². The number of halogens is 2. The van der Waals surface area contributed by atoms with E-state index in [4.69, 9.17) is 9.84 Å². The van der Waals surface area contributed by atoms with Gasteiger partial charge in [0.05, 0.1) is 13.2 Å². The van der Waals surface area contributed by atoms with E-state index in [-0.39, 0.29) is 12.0 Å². The van der Waals surface area contributed by atoms with E-state index in [9.17, 15) is 8.78 Å². The molecule has 0 aromatic heterocycles. The summed E-state index contributed by atoms with van der Waals surface area (Å²) in [6, 6.07) is 3.97. The van der Waals surface area contributed by atoms with Crippen LogP contribution in [0.25, 0.3) is 0 Å². The van der Waals surface area contributed by atoms with Crippen molar-refractivity contribution >= 4 is 0 Å². The molecule has 1 N–H and O–H groups in total. The van der Waals surface area contributed by atoms with Gasteiger partial charge in [0.15, 0.2) is 11.6 Å². The van der Waals surface area contributed by atoms with Crippen molar-refractivity contribution in [2.45, 2.75) is 18.3 Å². The maximum Gasteiger partial charge on any atom is 0.159 e. The van der Waals surface area contributed by atoms with E-state index >= 15 is 0 Å². The fraction of sp³-hybridized carbons (Fsp3) is 0.500.